The molecule has 3 aromatic rings. The Kier molecular flexibility index (Phi) is 5.26. The molecule has 0 fully saturated rings. The zero-order valence-electron chi connectivity index (χ0n) is 13.1. The predicted molar refractivity (Wildman–Crippen MR) is 94.4 cm³/mol. The quantitative estimate of drug-likeness (QED) is 0.674. The van der Waals surface area contributed by atoms with Gasteiger partial charge in [0.1, 0.15) is 23.3 Å². The maximum Gasteiger partial charge on any atom is 0.255 e. The summed E-state index contributed by atoms with van der Waals surface area (Å²) in [5, 5.41) is 3.03. The van der Waals surface area contributed by atoms with E-state index in [4.69, 9.17) is 16.3 Å². The van der Waals surface area contributed by atoms with Gasteiger partial charge in [0, 0.05) is 23.5 Å². The summed E-state index contributed by atoms with van der Waals surface area (Å²) in [6.07, 6.45) is 1.47. The van der Waals surface area contributed by atoms with E-state index < -0.39 is 0 Å². The zero-order chi connectivity index (χ0) is 17.6. The molecule has 1 N–H and O–H groups in total. The number of rotatable bonds is 5. The topological polar surface area (TPSA) is 51.2 Å². The highest BCUT2D eigenvalue weighted by Crippen LogP contribution is 2.20. The van der Waals surface area contributed by atoms with Gasteiger partial charge in [0.2, 0.25) is 0 Å². The molecule has 0 unspecified atom stereocenters. The Morgan fingerprint density at radius 2 is 1.92 bits per heavy atom. The molecule has 0 bridgehead atoms. The number of hydrogen-bond acceptors (Lipinski definition) is 3. The van der Waals surface area contributed by atoms with E-state index in [1.54, 1.807) is 42.5 Å². The minimum absolute atomic E-state index is 0.254. The molecule has 0 radical (unpaired) electrons. The maximum atomic E-state index is 12.9. The summed E-state index contributed by atoms with van der Waals surface area (Å²) in [5.74, 6) is 0.0135. The van der Waals surface area contributed by atoms with Crippen molar-refractivity contribution in [3.63, 3.8) is 0 Å². The van der Waals surface area contributed by atoms with Crippen LogP contribution in [0.25, 0.3) is 0 Å². The highest BCUT2D eigenvalue weighted by Gasteiger charge is 2.07. The van der Waals surface area contributed by atoms with Gasteiger partial charge >= 0.3 is 0 Å². The highest BCUT2D eigenvalue weighted by molar-refractivity contribution is 6.29. The van der Waals surface area contributed by atoms with Crippen LogP contribution in [-0.2, 0) is 6.61 Å². The Morgan fingerprint density at radius 3 is 2.68 bits per heavy atom. The van der Waals surface area contributed by atoms with E-state index in [9.17, 15) is 9.18 Å². The van der Waals surface area contributed by atoms with Crippen LogP contribution in [0.4, 0.5) is 10.1 Å². The summed E-state index contributed by atoms with van der Waals surface area (Å²) in [7, 11) is 0. The first kappa shape index (κ1) is 16.9. The number of hydrogen-bond donors (Lipinski definition) is 1. The van der Waals surface area contributed by atoms with Gasteiger partial charge in [-0.3, -0.25) is 4.79 Å². The maximum absolute atomic E-state index is 12.9. The predicted octanol–water partition coefficient (Wildman–Crippen LogP) is 4.71. The molecule has 1 aromatic heterocycles. The molecule has 0 saturated carbocycles. The fourth-order valence-electron chi connectivity index (χ4n) is 2.16. The third kappa shape index (κ3) is 4.78. The third-order valence-corrected chi connectivity index (χ3v) is 3.61. The number of nitrogens with zero attached hydrogens (tertiary/aromatic N) is 1. The van der Waals surface area contributed by atoms with Gasteiger partial charge in [-0.25, -0.2) is 9.37 Å². The van der Waals surface area contributed by atoms with Gasteiger partial charge in [0.05, 0.1) is 0 Å². The van der Waals surface area contributed by atoms with Gasteiger partial charge in [-0.1, -0.05) is 29.8 Å². The molecule has 0 atom stereocenters. The average molecular weight is 357 g/mol. The molecule has 6 heteroatoms. The lowest BCUT2D eigenvalue weighted by Gasteiger charge is -2.09. The van der Waals surface area contributed by atoms with Crippen molar-refractivity contribution in [1.29, 1.82) is 0 Å². The van der Waals surface area contributed by atoms with Gasteiger partial charge in [0.15, 0.2) is 0 Å². The summed E-state index contributed by atoms with van der Waals surface area (Å²) in [6, 6.07) is 16.2. The number of carbonyl (C=O) groups excluding carboxylic acids is 1. The Hall–Kier alpha value is -2.92. The van der Waals surface area contributed by atoms with Crippen molar-refractivity contribution in [3.8, 4) is 5.75 Å². The molecule has 4 nitrogen and oxygen atoms in total. The number of amides is 1. The van der Waals surface area contributed by atoms with Crippen molar-refractivity contribution in [2.24, 2.45) is 0 Å². The summed E-state index contributed by atoms with van der Waals surface area (Å²) in [4.78, 5) is 16.1. The lowest BCUT2D eigenvalue weighted by Crippen LogP contribution is -2.12. The van der Waals surface area contributed by atoms with Crippen molar-refractivity contribution in [2.75, 3.05) is 5.32 Å². The molecule has 0 spiro atoms. The molecule has 25 heavy (non-hydrogen) atoms. The molecule has 0 aliphatic rings. The van der Waals surface area contributed by atoms with E-state index in [-0.39, 0.29) is 16.9 Å². The van der Waals surface area contributed by atoms with Crippen LogP contribution in [0.5, 0.6) is 5.75 Å². The molecular weight excluding hydrogens is 343 g/mol. The second-order valence-corrected chi connectivity index (χ2v) is 5.65. The molecule has 1 amide bonds. The van der Waals surface area contributed by atoms with Crippen molar-refractivity contribution in [2.45, 2.75) is 6.61 Å². The van der Waals surface area contributed by atoms with Crippen LogP contribution in [0.1, 0.15) is 15.9 Å². The molecule has 2 aromatic carbocycles. The van der Waals surface area contributed by atoms with Gasteiger partial charge in [0.25, 0.3) is 5.91 Å². The summed E-state index contributed by atoms with van der Waals surface area (Å²) in [5.41, 5.74) is 1.86. The number of ether oxygens (including phenoxy) is 1. The Balaban J connectivity index is 1.64. The van der Waals surface area contributed by atoms with Crippen LogP contribution in [0.3, 0.4) is 0 Å². The van der Waals surface area contributed by atoms with Crippen molar-refractivity contribution < 1.29 is 13.9 Å². The highest BCUT2D eigenvalue weighted by atomic mass is 35.5. The van der Waals surface area contributed by atoms with Crippen LogP contribution in [0, 0.1) is 5.82 Å². The smallest absolute Gasteiger partial charge is 0.255 e. The van der Waals surface area contributed by atoms with E-state index >= 15 is 0 Å². The normalized spacial score (nSPS) is 10.3. The van der Waals surface area contributed by atoms with Crippen molar-refractivity contribution in [1.82, 2.24) is 4.98 Å². The van der Waals surface area contributed by atoms with Gasteiger partial charge in [-0.15, -0.1) is 0 Å². The fraction of sp³-hybridized carbons (Fsp3) is 0.0526. The summed E-state index contributed by atoms with van der Waals surface area (Å²) >= 11 is 5.79. The molecule has 0 saturated heterocycles. The van der Waals surface area contributed by atoms with Gasteiger partial charge in [-0.2, -0.15) is 0 Å². The Bertz CT molecular complexity index is 885. The van der Waals surface area contributed by atoms with Crippen LogP contribution >= 0.6 is 11.6 Å². The first-order chi connectivity index (χ1) is 12.1. The number of carbonyl (C=O) groups is 1. The SMILES string of the molecule is O=C(Nc1cccc(OCc2ccc(F)cc2)c1)c1ccnc(Cl)c1. The molecule has 0 aliphatic carbocycles. The number of anilines is 1. The van der Waals surface area contributed by atoms with Crippen molar-refractivity contribution >= 4 is 23.2 Å². The minimum atomic E-state index is -0.292. The summed E-state index contributed by atoms with van der Waals surface area (Å²) < 4.78 is 18.6. The molecular formula is C19H14ClFN2O2. The molecule has 0 aliphatic heterocycles. The van der Waals surface area contributed by atoms with E-state index in [1.165, 1.54) is 24.4 Å². The van der Waals surface area contributed by atoms with E-state index in [0.29, 0.717) is 23.6 Å². The Labute approximate surface area is 149 Å². The summed E-state index contributed by atoms with van der Waals surface area (Å²) in [6.45, 7) is 0.303. The van der Waals surface area contributed by atoms with E-state index in [2.05, 4.69) is 10.3 Å². The minimum Gasteiger partial charge on any atom is -0.489 e. The van der Waals surface area contributed by atoms with Crippen molar-refractivity contribution in [3.05, 3.63) is 89.0 Å². The lowest BCUT2D eigenvalue weighted by molar-refractivity contribution is 0.102. The number of benzene rings is 2. The monoisotopic (exact) mass is 356 g/mol. The van der Waals surface area contributed by atoms with Crippen LogP contribution in [0.2, 0.25) is 5.15 Å². The van der Waals surface area contributed by atoms with Gasteiger partial charge in [-0.05, 0) is 42.0 Å². The van der Waals surface area contributed by atoms with Crippen LogP contribution in [-0.4, -0.2) is 10.9 Å². The largest absolute Gasteiger partial charge is 0.489 e. The van der Waals surface area contributed by atoms with Crippen LogP contribution in [0.15, 0.2) is 66.9 Å². The molecule has 126 valence electrons. The second kappa shape index (κ2) is 7.77. The third-order valence-electron chi connectivity index (χ3n) is 3.40. The Morgan fingerprint density at radius 1 is 1.12 bits per heavy atom. The number of aromatic nitrogens is 1. The van der Waals surface area contributed by atoms with E-state index in [0.717, 1.165) is 5.56 Å². The van der Waals surface area contributed by atoms with E-state index in [1.807, 2.05) is 0 Å². The number of pyridine rings is 1. The first-order valence-electron chi connectivity index (χ1n) is 7.50. The lowest BCUT2D eigenvalue weighted by atomic mass is 10.2. The standard InChI is InChI=1S/C19H14ClFN2O2/c20-18-10-14(8-9-22-18)19(24)23-16-2-1-3-17(11-16)25-12-13-4-6-15(21)7-5-13/h1-11H,12H2,(H,23,24). The first-order valence-corrected chi connectivity index (χ1v) is 7.88. The average Bonchev–Trinajstić information content (AvgIpc) is 2.61. The number of halogens is 2. The fourth-order valence-corrected chi connectivity index (χ4v) is 2.33. The molecule has 1 heterocycles. The second-order valence-electron chi connectivity index (χ2n) is 5.26. The zero-order valence-corrected chi connectivity index (χ0v) is 13.8. The van der Waals surface area contributed by atoms with Crippen LogP contribution < -0.4 is 10.1 Å². The number of nitrogens with one attached hydrogen (secondary N) is 1. The molecule has 3 rings (SSSR count). The van der Waals surface area contributed by atoms with Gasteiger partial charge < -0.3 is 10.1 Å².